The van der Waals surface area contributed by atoms with Crippen LogP contribution >= 0.6 is 15.9 Å². The van der Waals surface area contributed by atoms with Gasteiger partial charge in [-0.3, -0.25) is 4.79 Å². The minimum Gasteiger partial charge on any atom is -0.368 e. The van der Waals surface area contributed by atoms with Gasteiger partial charge in [-0.1, -0.05) is 34.1 Å². The van der Waals surface area contributed by atoms with Crippen LogP contribution < -0.4 is 0 Å². The molecule has 1 saturated heterocycles. The summed E-state index contributed by atoms with van der Waals surface area (Å²) in [5.74, 6) is 0.0794. The smallest absolute Gasteiger partial charge is 0.251 e. The fraction of sp³-hybridized carbons (Fsp3) is 0.500. The Morgan fingerprint density at radius 3 is 2.83 bits per heavy atom. The quantitative estimate of drug-likeness (QED) is 0.858. The fourth-order valence-corrected chi connectivity index (χ4v) is 2.83. The SMILES string of the molecule is C[C@H](c1ccccc1Br)N(C)C(=O)[C@@H]1CCCO1. The zero-order chi connectivity index (χ0) is 13.1. The number of likely N-dealkylation sites (N-methyl/N-ethyl adjacent to an activating group) is 1. The number of hydrogen-bond donors (Lipinski definition) is 0. The number of amides is 1. The lowest BCUT2D eigenvalue weighted by molar-refractivity contribution is -0.141. The van der Waals surface area contributed by atoms with Crippen molar-refractivity contribution in [2.75, 3.05) is 13.7 Å². The van der Waals surface area contributed by atoms with Crippen molar-refractivity contribution in [1.29, 1.82) is 0 Å². The van der Waals surface area contributed by atoms with E-state index in [0.717, 1.165) is 22.9 Å². The summed E-state index contributed by atoms with van der Waals surface area (Å²) in [4.78, 5) is 14.0. The number of nitrogens with zero attached hydrogens (tertiary/aromatic N) is 1. The lowest BCUT2D eigenvalue weighted by atomic mass is 10.1. The highest BCUT2D eigenvalue weighted by atomic mass is 79.9. The maximum absolute atomic E-state index is 12.3. The lowest BCUT2D eigenvalue weighted by Crippen LogP contribution is -2.37. The van der Waals surface area contributed by atoms with Crippen molar-refractivity contribution < 1.29 is 9.53 Å². The number of carbonyl (C=O) groups excluding carboxylic acids is 1. The molecule has 3 nitrogen and oxygen atoms in total. The van der Waals surface area contributed by atoms with E-state index < -0.39 is 0 Å². The van der Waals surface area contributed by atoms with Crippen LogP contribution in [0.5, 0.6) is 0 Å². The Balaban J connectivity index is 2.10. The van der Waals surface area contributed by atoms with Gasteiger partial charge < -0.3 is 9.64 Å². The summed E-state index contributed by atoms with van der Waals surface area (Å²) < 4.78 is 6.48. The molecule has 1 aromatic carbocycles. The van der Waals surface area contributed by atoms with Gasteiger partial charge >= 0.3 is 0 Å². The van der Waals surface area contributed by atoms with Crippen LogP contribution in [0, 0.1) is 0 Å². The number of rotatable bonds is 3. The molecule has 0 radical (unpaired) electrons. The Morgan fingerprint density at radius 1 is 1.50 bits per heavy atom. The van der Waals surface area contributed by atoms with Crippen LogP contribution in [-0.2, 0) is 9.53 Å². The van der Waals surface area contributed by atoms with Crippen LogP contribution in [0.15, 0.2) is 28.7 Å². The highest BCUT2D eigenvalue weighted by Crippen LogP contribution is 2.28. The van der Waals surface area contributed by atoms with Crippen molar-refractivity contribution in [3.05, 3.63) is 34.3 Å². The third-order valence-electron chi connectivity index (χ3n) is 3.49. The average molecular weight is 312 g/mol. The van der Waals surface area contributed by atoms with Crippen LogP contribution in [0.3, 0.4) is 0 Å². The molecule has 18 heavy (non-hydrogen) atoms. The van der Waals surface area contributed by atoms with Crippen molar-refractivity contribution in [3.63, 3.8) is 0 Å². The Morgan fingerprint density at radius 2 is 2.22 bits per heavy atom. The highest BCUT2D eigenvalue weighted by molar-refractivity contribution is 9.10. The van der Waals surface area contributed by atoms with E-state index in [9.17, 15) is 4.79 Å². The molecule has 1 heterocycles. The number of benzene rings is 1. The summed E-state index contributed by atoms with van der Waals surface area (Å²) in [6.07, 6.45) is 1.57. The van der Waals surface area contributed by atoms with E-state index in [1.165, 1.54) is 0 Å². The molecule has 1 aromatic rings. The van der Waals surface area contributed by atoms with E-state index in [-0.39, 0.29) is 18.1 Å². The third-order valence-corrected chi connectivity index (χ3v) is 4.21. The van der Waals surface area contributed by atoms with Crippen LogP contribution in [-0.4, -0.2) is 30.6 Å². The molecule has 2 atom stereocenters. The zero-order valence-electron chi connectivity index (χ0n) is 10.7. The Labute approximate surface area is 116 Å². The van der Waals surface area contributed by atoms with Crippen molar-refractivity contribution in [1.82, 2.24) is 4.90 Å². The summed E-state index contributed by atoms with van der Waals surface area (Å²) in [5, 5.41) is 0. The molecule has 0 spiro atoms. The molecule has 0 aromatic heterocycles. The number of carbonyl (C=O) groups is 1. The molecule has 0 N–H and O–H groups in total. The van der Waals surface area contributed by atoms with E-state index >= 15 is 0 Å². The average Bonchev–Trinajstić information content (AvgIpc) is 2.90. The molecule has 1 aliphatic rings. The van der Waals surface area contributed by atoms with E-state index in [2.05, 4.69) is 15.9 Å². The maximum Gasteiger partial charge on any atom is 0.251 e. The van der Waals surface area contributed by atoms with E-state index in [1.54, 1.807) is 4.90 Å². The van der Waals surface area contributed by atoms with Gasteiger partial charge in [-0.2, -0.15) is 0 Å². The Hall–Kier alpha value is -0.870. The highest BCUT2D eigenvalue weighted by Gasteiger charge is 2.29. The van der Waals surface area contributed by atoms with Crippen molar-refractivity contribution in [2.24, 2.45) is 0 Å². The van der Waals surface area contributed by atoms with Crippen LogP contribution in [0.4, 0.5) is 0 Å². The van der Waals surface area contributed by atoms with Gasteiger partial charge in [-0.15, -0.1) is 0 Å². The van der Waals surface area contributed by atoms with E-state index in [1.807, 2.05) is 38.2 Å². The molecular weight excluding hydrogens is 294 g/mol. The molecule has 1 aliphatic heterocycles. The van der Waals surface area contributed by atoms with Gasteiger partial charge in [-0.25, -0.2) is 0 Å². The van der Waals surface area contributed by atoms with Crippen molar-refractivity contribution in [2.45, 2.75) is 31.9 Å². The number of ether oxygens (including phenoxy) is 1. The van der Waals surface area contributed by atoms with Gasteiger partial charge in [0.05, 0.1) is 6.04 Å². The first-order valence-electron chi connectivity index (χ1n) is 6.24. The standard InChI is InChI=1S/C14H18BrNO2/c1-10(11-6-3-4-7-12(11)15)16(2)14(17)13-8-5-9-18-13/h3-4,6-7,10,13H,5,8-9H2,1-2H3/t10-,13+/m1/s1. The Kier molecular flexibility index (Phi) is 4.40. The molecule has 2 rings (SSSR count). The molecule has 98 valence electrons. The second-order valence-electron chi connectivity index (χ2n) is 4.65. The Bertz CT molecular complexity index is 430. The number of hydrogen-bond acceptors (Lipinski definition) is 2. The van der Waals surface area contributed by atoms with E-state index in [4.69, 9.17) is 4.74 Å². The topological polar surface area (TPSA) is 29.5 Å². The summed E-state index contributed by atoms with van der Waals surface area (Å²) in [6, 6.07) is 8.03. The third kappa shape index (κ3) is 2.75. The van der Waals surface area contributed by atoms with Crippen molar-refractivity contribution in [3.8, 4) is 0 Å². The second kappa shape index (κ2) is 5.85. The number of halogens is 1. The first-order valence-corrected chi connectivity index (χ1v) is 7.03. The van der Waals surface area contributed by atoms with Gasteiger partial charge in [0.2, 0.25) is 0 Å². The minimum absolute atomic E-state index is 0.0391. The van der Waals surface area contributed by atoms with Gasteiger partial charge in [0.15, 0.2) is 0 Å². The van der Waals surface area contributed by atoms with Crippen LogP contribution in [0.2, 0.25) is 0 Å². The predicted octanol–water partition coefficient (Wildman–Crippen LogP) is 3.15. The summed E-state index contributed by atoms with van der Waals surface area (Å²) in [6.45, 7) is 2.74. The van der Waals surface area contributed by atoms with Crippen LogP contribution in [0.25, 0.3) is 0 Å². The fourth-order valence-electron chi connectivity index (χ4n) is 2.21. The molecule has 1 amide bonds. The maximum atomic E-state index is 12.3. The van der Waals surface area contributed by atoms with Gasteiger partial charge in [-0.05, 0) is 31.4 Å². The molecule has 0 bridgehead atoms. The summed E-state index contributed by atoms with van der Waals surface area (Å²) in [7, 11) is 1.84. The first kappa shape index (κ1) is 13.6. The second-order valence-corrected chi connectivity index (χ2v) is 5.50. The zero-order valence-corrected chi connectivity index (χ0v) is 12.3. The molecule has 4 heteroatoms. The van der Waals surface area contributed by atoms with Gasteiger partial charge in [0.1, 0.15) is 6.10 Å². The minimum atomic E-state index is -0.250. The molecule has 0 aliphatic carbocycles. The van der Waals surface area contributed by atoms with Crippen LogP contribution in [0.1, 0.15) is 31.4 Å². The predicted molar refractivity (Wildman–Crippen MR) is 74.3 cm³/mol. The van der Waals surface area contributed by atoms with Gasteiger partial charge in [0, 0.05) is 18.1 Å². The molecule has 0 saturated carbocycles. The van der Waals surface area contributed by atoms with E-state index in [0.29, 0.717) is 6.61 Å². The molecular formula is C14H18BrNO2. The molecule has 1 fully saturated rings. The largest absolute Gasteiger partial charge is 0.368 e. The summed E-state index contributed by atoms with van der Waals surface area (Å²) >= 11 is 3.53. The summed E-state index contributed by atoms with van der Waals surface area (Å²) in [5.41, 5.74) is 1.12. The lowest BCUT2D eigenvalue weighted by Gasteiger charge is -2.28. The monoisotopic (exact) mass is 311 g/mol. The molecule has 0 unspecified atom stereocenters. The first-order chi connectivity index (χ1) is 8.61. The van der Waals surface area contributed by atoms with Crippen molar-refractivity contribution >= 4 is 21.8 Å². The van der Waals surface area contributed by atoms with Gasteiger partial charge in [0.25, 0.3) is 5.91 Å². The normalized spacial score (nSPS) is 20.7.